The highest BCUT2D eigenvalue weighted by Crippen LogP contribution is 2.27. The topological polar surface area (TPSA) is 61.9 Å². The van der Waals surface area contributed by atoms with E-state index in [1.54, 1.807) is 18.5 Å². The third-order valence-corrected chi connectivity index (χ3v) is 5.21. The molecule has 3 heterocycles. The van der Waals surface area contributed by atoms with Gasteiger partial charge in [0, 0.05) is 48.1 Å². The quantitative estimate of drug-likeness (QED) is 0.746. The number of aromatic nitrogens is 3. The van der Waals surface area contributed by atoms with Gasteiger partial charge in [0.05, 0.1) is 5.69 Å². The van der Waals surface area contributed by atoms with Gasteiger partial charge in [0.15, 0.2) is 0 Å². The molecule has 1 fully saturated rings. The molecule has 1 unspecified atom stereocenters. The number of halogens is 1. The number of hydrogen-bond acceptors (Lipinski definition) is 4. The summed E-state index contributed by atoms with van der Waals surface area (Å²) in [5.74, 6) is 0.865. The van der Waals surface area contributed by atoms with E-state index in [2.05, 4.69) is 27.0 Å². The van der Waals surface area contributed by atoms with Crippen LogP contribution in [-0.2, 0) is 6.54 Å². The number of rotatable bonds is 4. The molecular formula is C21H21ClN4O. The van der Waals surface area contributed by atoms with Crippen LogP contribution in [0.5, 0.6) is 0 Å². The molecule has 1 N–H and O–H groups in total. The number of H-pyrrole nitrogens is 1. The number of likely N-dealkylation sites (tertiary alicyclic amines) is 1. The van der Waals surface area contributed by atoms with Crippen LogP contribution < -0.4 is 5.56 Å². The zero-order chi connectivity index (χ0) is 18.6. The number of nitrogens with zero attached hydrogens (tertiary/aromatic N) is 3. The lowest BCUT2D eigenvalue weighted by Crippen LogP contribution is -2.34. The molecule has 27 heavy (non-hydrogen) atoms. The summed E-state index contributed by atoms with van der Waals surface area (Å²) in [6.07, 6.45) is 5.55. The molecule has 6 heteroatoms. The second-order valence-electron chi connectivity index (χ2n) is 6.96. The van der Waals surface area contributed by atoms with Crippen LogP contribution in [0.4, 0.5) is 0 Å². The van der Waals surface area contributed by atoms with E-state index in [4.69, 9.17) is 16.6 Å². The summed E-state index contributed by atoms with van der Waals surface area (Å²) in [6.45, 7) is 2.84. The molecule has 3 aromatic rings. The summed E-state index contributed by atoms with van der Waals surface area (Å²) < 4.78 is 0. The van der Waals surface area contributed by atoms with Crippen LogP contribution in [0.1, 0.15) is 30.0 Å². The number of nitrogens with one attached hydrogen (secondary N) is 1. The second-order valence-corrected chi connectivity index (χ2v) is 7.39. The Bertz CT molecular complexity index is 956. The molecular weight excluding hydrogens is 360 g/mol. The molecule has 1 saturated heterocycles. The summed E-state index contributed by atoms with van der Waals surface area (Å²) in [6, 6.07) is 13.3. The molecule has 0 spiro atoms. The lowest BCUT2D eigenvalue weighted by atomic mass is 9.94. The van der Waals surface area contributed by atoms with Gasteiger partial charge >= 0.3 is 0 Å². The minimum Gasteiger partial charge on any atom is -0.307 e. The molecule has 4 rings (SSSR count). The van der Waals surface area contributed by atoms with Crippen molar-refractivity contribution in [3.63, 3.8) is 0 Å². The van der Waals surface area contributed by atoms with E-state index in [-0.39, 0.29) is 11.5 Å². The highest BCUT2D eigenvalue weighted by molar-refractivity contribution is 6.30. The van der Waals surface area contributed by atoms with Crippen LogP contribution in [0, 0.1) is 0 Å². The Morgan fingerprint density at radius 1 is 1.15 bits per heavy atom. The molecule has 138 valence electrons. The predicted octanol–water partition coefficient (Wildman–Crippen LogP) is 3.86. The highest BCUT2D eigenvalue weighted by Gasteiger charge is 2.23. The van der Waals surface area contributed by atoms with Crippen LogP contribution in [0.3, 0.4) is 0 Å². The lowest BCUT2D eigenvalue weighted by Gasteiger charge is -2.32. The van der Waals surface area contributed by atoms with Crippen LogP contribution >= 0.6 is 11.6 Å². The van der Waals surface area contributed by atoms with Gasteiger partial charge in [-0.05, 0) is 49.2 Å². The molecule has 1 atom stereocenters. The zero-order valence-electron chi connectivity index (χ0n) is 14.9. The largest absolute Gasteiger partial charge is 0.307 e. The Morgan fingerprint density at radius 3 is 2.70 bits per heavy atom. The van der Waals surface area contributed by atoms with E-state index >= 15 is 0 Å². The zero-order valence-corrected chi connectivity index (χ0v) is 15.7. The van der Waals surface area contributed by atoms with Crippen molar-refractivity contribution in [2.75, 3.05) is 13.1 Å². The molecule has 1 aromatic carbocycles. The van der Waals surface area contributed by atoms with Gasteiger partial charge < -0.3 is 4.98 Å². The fourth-order valence-electron chi connectivity index (χ4n) is 3.62. The Kier molecular flexibility index (Phi) is 5.32. The summed E-state index contributed by atoms with van der Waals surface area (Å²) in [7, 11) is 0. The first kappa shape index (κ1) is 17.9. The molecule has 2 aromatic heterocycles. The maximum atomic E-state index is 12.2. The van der Waals surface area contributed by atoms with E-state index in [0.29, 0.717) is 5.82 Å². The Hall–Kier alpha value is -2.50. The Labute approximate surface area is 163 Å². The minimum absolute atomic E-state index is 0.110. The van der Waals surface area contributed by atoms with Crippen molar-refractivity contribution in [3.05, 3.63) is 81.5 Å². The molecule has 5 nitrogen and oxygen atoms in total. The number of pyridine rings is 1. The number of benzene rings is 1. The summed E-state index contributed by atoms with van der Waals surface area (Å²) in [4.78, 5) is 26.2. The van der Waals surface area contributed by atoms with Crippen molar-refractivity contribution in [3.8, 4) is 11.4 Å². The normalized spacial score (nSPS) is 17.7. The van der Waals surface area contributed by atoms with E-state index in [1.807, 2.05) is 24.3 Å². The maximum Gasteiger partial charge on any atom is 0.251 e. The van der Waals surface area contributed by atoms with Gasteiger partial charge in [0.25, 0.3) is 5.56 Å². The summed E-state index contributed by atoms with van der Waals surface area (Å²) in [5.41, 5.74) is 2.88. The van der Waals surface area contributed by atoms with Crippen molar-refractivity contribution in [1.82, 2.24) is 19.9 Å². The van der Waals surface area contributed by atoms with Crippen molar-refractivity contribution in [2.24, 2.45) is 0 Å². The van der Waals surface area contributed by atoms with Gasteiger partial charge in [-0.2, -0.15) is 0 Å². The van der Waals surface area contributed by atoms with Gasteiger partial charge in [-0.25, -0.2) is 4.98 Å². The van der Waals surface area contributed by atoms with Crippen molar-refractivity contribution < 1.29 is 0 Å². The third kappa shape index (κ3) is 4.43. The van der Waals surface area contributed by atoms with Gasteiger partial charge in [-0.3, -0.25) is 14.7 Å². The summed E-state index contributed by atoms with van der Waals surface area (Å²) in [5, 5.41) is 0.756. The molecule has 0 aliphatic carbocycles. The van der Waals surface area contributed by atoms with Crippen LogP contribution in [-0.4, -0.2) is 32.9 Å². The smallest absolute Gasteiger partial charge is 0.251 e. The molecule has 0 bridgehead atoms. The van der Waals surface area contributed by atoms with Crippen LogP contribution in [0.25, 0.3) is 11.4 Å². The predicted molar refractivity (Wildman–Crippen MR) is 107 cm³/mol. The van der Waals surface area contributed by atoms with Gasteiger partial charge in [-0.15, -0.1) is 0 Å². The fourth-order valence-corrected chi connectivity index (χ4v) is 3.75. The Morgan fingerprint density at radius 2 is 1.93 bits per heavy atom. The second kappa shape index (κ2) is 8.03. The average molecular weight is 381 g/mol. The van der Waals surface area contributed by atoms with Gasteiger partial charge in [0.2, 0.25) is 0 Å². The van der Waals surface area contributed by atoms with E-state index in [0.717, 1.165) is 48.8 Å². The Balaban J connectivity index is 1.53. The van der Waals surface area contributed by atoms with E-state index in [9.17, 15) is 4.79 Å². The monoisotopic (exact) mass is 380 g/mol. The lowest BCUT2D eigenvalue weighted by molar-refractivity contribution is 0.198. The molecule has 0 radical (unpaired) electrons. The van der Waals surface area contributed by atoms with Crippen LogP contribution in [0.2, 0.25) is 5.02 Å². The third-order valence-electron chi connectivity index (χ3n) is 4.96. The highest BCUT2D eigenvalue weighted by atomic mass is 35.5. The van der Waals surface area contributed by atoms with Crippen molar-refractivity contribution in [1.29, 1.82) is 0 Å². The number of piperidine rings is 1. The molecule has 1 aliphatic rings. The standard InChI is InChI=1S/C21H21ClN4O/c22-18-5-3-15(4-6-18)13-26-11-1-2-17(14-26)19-12-20(27)25-21(24-19)16-7-9-23-10-8-16/h3-10,12,17H,1-2,11,13-14H2,(H,24,25,27). The van der Waals surface area contributed by atoms with Gasteiger partial charge in [0.1, 0.15) is 5.82 Å². The van der Waals surface area contributed by atoms with Gasteiger partial charge in [-0.1, -0.05) is 23.7 Å². The molecule has 0 amide bonds. The molecule has 0 saturated carbocycles. The summed E-state index contributed by atoms with van der Waals surface area (Å²) >= 11 is 5.98. The molecule has 1 aliphatic heterocycles. The first-order chi connectivity index (χ1) is 13.2. The number of hydrogen-bond donors (Lipinski definition) is 1. The maximum absolute atomic E-state index is 12.2. The SMILES string of the molecule is O=c1cc(C2CCCN(Cc3ccc(Cl)cc3)C2)nc(-c2ccncc2)[nH]1. The van der Waals surface area contributed by atoms with Crippen molar-refractivity contribution in [2.45, 2.75) is 25.3 Å². The minimum atomic E-state index is -0.110. The van der Waals surface area contributed by atoms with Crippen molar-refractivity contribution >= 4 is 11.6 Å². The van der Waals surface area contributed by atoms with E-state index in [1.165, 1.54) is 5.56 Å². The fraction of sp³-hybridized carbons (Fsp3) is 0.286. The average Bonchev–Trinajstić information content (AvgIpc) is 2.70. The van der Waals surface area contributed by atoms with Crippen LogP contribution in [0.15, 0.2) is 59.7 Å². The first-order valence-electron chi connectivity index (χ1n) is 9.16. The number of aromatic amines is 1. The first-order valence-corrected chi connectivity index (χ1v) is 9.53. The van der Waals surface area contributed by atoms with E-state index < -0.39 is 0 Å².